The van der Waals surface area contributed by atoms with Gasteiger partial charge in [-0.15, -0.1) is 0 Å². The number of pyridine rings is 1. The van der Waals surface area contributed by atoms with Gasteiger partial charge >= 0.3 is 5.97 Å². The zero-order chi connectivity index (χ0) is 13.3. The minimum absolute atomic E-state index is 0.105. The largest absolute Gasteiger partial charge is 0.469 e. The summed E-state index contributed by atoms with van der Waals surface area (Å²) in [4.78, 5) is 28.9. The van der Waals surface area contributed by atoms with Gasteiger partial charge in [0.25, 0.3) is 0 Å². The van der Waals surface area contributed by atoms with E-state index in [1.165, 1.54) is 7.11 Å². The van der Waals surface area contributed by atoms with Gasteiger partial charge in [-0.1, -0.05) is 11.6 Å². The molecule has 1 unspecified atom stereocenters. The van der Waals surface area contributed by atoms with Crippen molar-refractivity contribution >= 4 is 29.2 Å². The molecule has 1 atom stereocenters. The van der Waals surface area contributed by atoms with Gasteiger partial charge in [0.2, 0.25) is 5.91 Å². The highest BCUT2D eigenvalue weighted by molar-refractivity contribution is 6.29. The molecule has 0 N–H and O–H groups in total. The van der Waals surface area contributed by atoms with Gasteiger partial charge in [-0.3, -0.25) is 9.59 Å². The molecule has 0 radical (unpaired) electrons. The molecule has 6 heteroatoms. The molecule has 5 nitrogen and oxygen atoms in total. The summed E-state index contributed by atoms with van der Waals surface area (Å²) < 4.78 is 4.66. The third-order valence-corrected chi connectivity index (χ3v) is 3.07. The van der Waals surface area contributed by atoms with Crippen molar-refractivity contribution in [3.05, 3.63) is 23.0 Å². The number of carbonyl (C=O) groups excluding carboxylic acids is 2. The first-order valence-corrected chi connectivity index (χ1v) is 5.91. The molecular formula is C12H13ClN2O3. The number of methoxy groups -OCH3 is 1. The molecule has 1 amide bonds. The highest BCUT2D eigenvalue weighted by Crippen LogP contribution is 2.27. The number of ether oxygens (including phenoxy) is 1. The molecule has 1 aromatic heterocycles. The lowest BCUT2D eigenvalue weighted by Gasteiger charge is -2.16. The zero-order valence-electron chi connectivity index (χ0n) is 10.1. The number of rotatable bonds is 2. The van der Waals surface area contributed by atoms with Gasteiger partial charge in [0.15, 0.2) is 0 Å². The second kappa shape index (κ2) is 4.94. The van der Waals surface area contributed by atoms with Gasteiger partial charge in [0, 0.05) is 24.3 Å². The van der Waals surface area contributed by atoms with Gasteiger partial charge in [-0.2, -0.15) is 0 Å². The quantitative estimate of drug-likeness (QED) is 0.603. The fourth-order valence-corrected chi connectivity index (χ4v) is 2.29. The van der Waals surface area contributed by atoms with Gasteiger partial charge in [-0.25, -0.2) is 4.98 Å². The Bertz CT molecular complexity index is 484. The zero-order valence-corrected chi connectivity index (χ0v) is 10.9. The number of hydrogen-bond donors (Lipinski definition) is 0. The maximum Gasteiger partial charge on any atom is 0.311 e. The van der Waals surface area contributed by atoms with Gasteiger partial charge in [0.05, 0.1) is 13.0 Å². The van der Waals surface area contributed by atoms with Crippen molar-refractivity contribution < 1.29 is 14.3 Å². The third-order valence-electron chi connectivity index (χ3n) is 2.88. The molecule has 1 saturated heterocycles. The van der Waals surface area contributed by atoms with Crippen molar-refractivity contribution in [1.29, 1.82) is 0 Å². The second-order valence-corrected chi connectivity index (χ2v) is 4.61. The minimum atomic E-state index is -0.408. The summed E-state index contributed by atoms with van der Waals surface area (Å²) in [6, 6.07) is 3.38. The number of carbonyl (C=O) groups is 2. The van der Waals surface area contributed by atoms with Crippen molar-refractivity contribution in [3.8, 4) is 0 Å². The van der Waals surface area contributed by atoms with Crippen LogP contribution in [0.25, 0.3) is 0 Å². The van der Waals surface area contributed by atoms with E-state index in [1.807, 2.05) is 0 Å². The number of aryl methyl sites for hydroxylation is 1. The predicted octanol–water partition coefficient (Wildman–Crippen LogP) is 1.57. The summed E-state index contributed by atoms with van der Waals surface area (Å²) in [7, 11) is 1.32. The van der Waals surface area contributed by atoms with E-state index >= 15 is 0 Å². The Kier molecular flexibility index (Phi) is 3.52. The summed E-state index contributed by atoms with van der Waals surface area (Å²) >= 11 is 5.86. The molecule has 96 valence electrons. The monoisotopic (exact) mass is 268 g/mol. The maximum atomic E-state index is 11.9. The lowest BCUT2D eigenvalue weighted by molar-refractivity contribution is -0.145. The second-order valence-electron chi connectivity index (χ2n) is 4.22. The van der Waals surface area contributed by atoms with E-state index in [-0.39, 0.29) is 18.3 Å². The number of anilines is 1. The topological polar surface area (TPSA) is 59.5 Å². The van der Waals surface area contributed by atoms with E-state index in [2.05, 4.69) is 9.72 Å². The minimum Gasteiger partial charge on any atom is -0.469 e. The van der Waals surface area contributed by atoms with Crippen LogP contribution in [0.1, 0.15) is 12.1 Å². The molecule has 1 aliphatic rings. The van der Waals surface area contributed by atoms with Crippen LogP contribution in [0.3, 0.4) is 0 Å². The van der Waals surface area contributed by atoms with Crippen LogP contribution in [0.15, 0.2) is 12.1 Å². The molecule has 2 rings (SSSR count). The predicted molar refractivity (Wildman–Crippen MR) is 66.5 cm³/mol. The van der Waals surface area contributed by atoms with Crippen LogP contribution in [0, 0.1) is 12.8 Å². The summed E-state index contributed by atoms with van der Waals surface area (Å²) in [6.07, 6.45) is 0.172. The first-order chi connectivity index (χ1) is 8.51. The number of aromatic nitrogens is 1. The molecule has 2 heterocycles. The normalized spacial score (nSPS) is 19.2. The summed E-state index contributed by atoms with van der Waals surface area (Å²) in [5.74, 6) is -0.871. The number of esters is 1. The Morgan fingerprint density at radius 1 is 1.56 bits per heavy atom. The van der Waals surface area contributed by atoms with Crippen molar-refractivity contribution in [2.75, 3.05) is 18.6 Å². The molecule has 0 spiro atoms. The van der Waals surface area contributed by atoms with Gasteiger partial charge < -0.3 is 9.64 Å². The van der Waals surface area contributed by atoms with Crippen LogP contribution in [0.4, 0.5) is 5.69 Å². The highest BCUT2D eigenvalue weighted by atomic mass is 35.5. The van der Waals surface area contributed by atoms with E-state index in [4.69, 9.17) is 11.6 Å². The molecule has 0 aromatic carbocycles. The average molecular weight is 269 g/mol. The Labute approximate surface area is 110 Å². The first kappa shape index (κ1) is 12.8. The van der Waals surface area contributed by atoms with Crippen LogP contribution in [0.2, 0.25) is 5.15 Å². The molecule has 1 aliphatic heterocycles. The Morgan fingerprint density at radius 2 is 2.28 bits per heavy atom. The van der Waals surface area contributed by atoms with E-state index in [9.17, 15) is 9.59 Å². The number of nitrogens with zero attached hydrogens (tertiary/aromatic N) is 2. The smallest absolute Gasteiger partial charge is 0.311 e. The molecule has 18 heavy (non-hydrogen) atoms. The van der Waals surface area contributed by atoms with E-state index in [0.29, 0.717) is 17.4 Å². The summed E-state index contributed by atoms with van der Waals surface area (Å²) in [5, 5.41) is 0.333. The van der Waals surface area contributed by atoms with Crippen LogP contribution < -0.4 is 4.90 Å². The van der Waals surface area contributed by atoms with E-state index in [0.717, 1.165) is 5.69 Å². The Morgan fingerprint density at radius 3 is 2.89 bits per heavy atom. The molecular weight excluding hydrogens is 256 g/mol. The Balaban J connectivity index is 2.24. The number of halogens is 1. The number of amides is 1. The van der Waals surface area contributed by atoms with Crippen molar-refractivity contribution in [3.63, 3.8) is 0 Å². The standard InChI is InChI=1S/C12H13ClN2O3/c1-7-3-9(5-10(13)14-7)15-6-8(4-11(15)16)12(17)18-2/h3,5,8H,4,6H2,1-2H3. The highest BCUT2D eigenvalue weighted by Gasteiger charge is 2.35. The van der Waals surface area contributed by atoms with Gasteiger partial charge in [-0.05, 0) is 19.1 Å². The molecule has 0 saturated carbocycles. The lowest BCUT2D eigenvalue weighted by atomic mass is 10.1. The van der Waals surface area contributed by atoms with Crippen molar-refractivity contribution in [2.24, 2.45) is 5.92 Å². The van der Waals surface area contributed by atoms with Crippen LogP contribution in [0.5, 0.6) is 0 Å². The van der Waals surface area contributed by atoms with Crippen molar-refractivity contribution in [1.82, 2.24) is 4.98 Å². The summed E-state index contributed by atoms with van der Waals surface area (Å²) in [5.41, 5.74) is 1.40. The van der Waals surface area contributed by atoms with Crippen LogP contribution in [-0.4, -0.2) is 30.5 Å². The molecule has 1 fully saturated rings. The maximum absolute atomic E-state index is 11.9. The van der Waals surface area contributed by atoms with Crippen LogP contribution >= 0.6 is 11.6 Å². The van der Waals surface area contributed by atoms with Crippen LogP contribution in [-0.2, 0) is 14.3 Å². The van der Waals surface area contributed by atoms with E-state index in [1.54, 1.807) is 24.0 Å². The first-order valence-electron chi connectivity index (χ1n) is 5.53. The Hall–Kier alpha value is -1.62. The average Bonchev–Trinajstić information content (AvgIpc) is 2.69. The molecule has 0 aliphatic carbocycles. The fraction of sp³-hybridized carbons (Fsp3) is 0.417. The lowest BCUT2D eigenvalue weighted by Crippen LogP contribution is -2.26. The molecule has 1 aromatic rings. The third kappa shape index (κ3) is 2.46. The van der Waals surface area contributed by atoms with Gasteiger partial charge in [0.1, 0.15) is 5.15 Å². The summed E-state index contributed by atoms with van der Waals surface area (Å²) in [6.45, 7) is 2.12. The molecule has 0 bridgehead atoms. The SMILES string of the molecule is COC(=O)C1CC(=O)N(c2cc(C)nc(Cl)c2)C1. The van der Waals surface area contributed by atoms with E-state index < -0.39 is 5.92 Å². The number of hydrogen-bond acceptors (Lipinski definition) is 4. The fourth-order valence-electron chi connectivity index (χ4n) is 2.05. The van der Waals surface area contributed by atoms with Crippen molar-refractivity contribution in [2.45, 2.75) is 13.3 Å².